The standard InChI is InChI=1S/C26H30N8/c1-33-14-20(11-29-33)16-4-3-5-19(8-16)25-28-13-23(21-12-30-34(2)15-21)26(32-25)31-24-17-6-7-18(24)10-22(27)9-17/h3-5,8,11-15,17-18,22,24H,6-7,9-10,27H2,1-2H3,(H,28,31,32). The zero-order chi connectivity index (χ0) is 23.2. The van der Waals surface area contributed by atoms with Crippen LogP contribution < -0.4 is 11.1 Å². The molecule has 2 aliphatic rings. The number of aryl methyl sites for hydroxylation is 2. The molecule has 1 aromatic carbocycles. The largest absolute Gasteiger partial charge is 0.366 e. The normalized spacial score (nSPS) is 23.9. The highest BCUT2D eigenvalue weighted by atomic mass is 15.2. The summed E-state index contributed by atoms with van der Waals surface area (Å²) in [5.41, 5.74) is 11.5. The van der Waals surface area contributed by atoms with E-state index in [1.54, 1.807) is 0 Å². The molecule has 2 bridgehead atoms. The first-order valence-corrected chi connectivity index (χ1v) is 12.0. The predicted molar refractivity (Wildman–Crippen MR) is 133 cm³/mol. The molecule has 0 aliphatic heterocycles. The lowest BCUT2D eigenvalue weighted by Gasteiger charge is -2.35. The van der Waals surface area contributed by atoms with Gasteiger partial charge < -0.3 is 11.1 Å². The van der Waals surface area contributed by atoms with E-state index in [-0.39, 0.29) is 0 Å². The average Bonchev–Trinajstić information content (AvgIpc) is 3.52. The van der Waals surface area contributed by atoms with Crippen molar-refractivity contribution in [3.63, 3.8) is 0 Å². The second-order valence-corrected chi connectivity index (χ2v) is 9.84. The van der Waals surface area contributed by atoms with Crippen LogP contribution in [0, 0.1) is 11.8 Å². The van der Waals surface area contributed by atoms with Gasteiger partial charge in [-0.25, -0.2) is 9.97 Å². The Morgan fingerprint density at radius 1 is 0.882 bits per heavy atom. The zero-order valence-electron chi connectivity index (χ0n) is 19.6. The lowest BCUT2D eigenvalue weighted by atomic mass is 9.81. The predicted octanol–water partition coefficient (Wildman–Crippen LogP) is 3.87. The van der Waals surface area contributed by atoms with E-state index in [2.05, 4.69) is 33.7 Å². The van der Waals surface area contributed by atoms with Crippen LogP contribution in [0.5, 0.6) is 0 Å². The van der Waals surface area contributed by atoms with Gasteiger partial charge in [-0.1, -0.05) is 18.2 Å². The molecule has 2 unspecified atom stereocenters. The minimum absolute atomic E-state index is 0.324. The first-order chi connectivity index (χ1) is 16.5. The molecule has 3 aromatic heterocycles. The molecule has 3 heterocycles. The van der Waals surface area contributed by atoms with Gasteiger partial charge in [-0.3, -0.25) is 9.36 Å². The first-order valence-electron chi connectivity index (χ1n) is 12.0. The van der Waals surface area contributed by atoms with E-state index in [0.29, 0.717) is 29.7 Å². The Bertz CT molecular complexity index is 1310. The van der Waals surface area contributed by atoms with E-state index in [1.807, 2.05) is 60.5 Å². The molecule has 0 spiro atoms. The Balaban J connectivity index is 1.39. The van der Waals surface area contributed by atoms with E-state index in [4.69, 9.17) is 15.7 Å². The smallest absolute Gasteiger partial charge is 0.161 e. The van der Waals surface area contributed by atoms with E-state index in [9.17, 15) is 0 Å². The molecule has 2 fully saturated rings. The molecule has 4 aromatic rings. The number of hydrogen-bond acceptors (Lipinski definition) is 6. The quantitative estimate of drug-likeness (QED) is 0.475. The molecular weight excluding hydrogens is 424 g/mol. The number of aromatic nitrogens is 6. The molecule has 174 valence electrons. The molecule has 2 saturated carbocycles. The Kier molecular flexibility index (Phi) is 5.17. The number of anilines is 1. The summed E-state index contributed by atoms with van der Waals surface area (Å²) >= 11 is 0. The summed E-state index contributed by atoms with van der Waals surface area (Å²) in [6.45, 7) is 0. The van der Waals surface area contributed by atoms with Gasteiger partial charge >= 0.3 is 0 Å². The third kappa shape index (κ3) is 3.88. The van der Waals surface area contributed by atoms with E-state index in [1.165, 1.54) is 12.8 Å². The highest BCUT2D eigenvalue weighted by Gasteiger charge is 2.42. The summed E-state index contributed by atoms with van der Waals surface area (Å²) < 4.78 is 3.63. The van der Waals surface area contributed by atoms with Crippen molar-refractivity contribution in [1.29, 1.82) is 0 Å². The third-order valence-electron chi connectivity index (χ3n) is 7.40. The topological polar surface area (TPSA) is 99.5 Å². The molecule has 0 saturated heterocycles. The second kappa shape index (κ2) is 8.36. The molecule has 34 heavy (non-hydrogen) atoms. The Morgan fingerprint density at radius 3 is 2.24 bits per heavy atom. The number of rotatable bonds is 5. The van der Waals surface area contributed by atoms with Crippen LogP contribution in [-0.4, -0.2) is 41.6 Å². The third-order valence-corrected chi connectivity index (χ3v) is 7.40. The van der Waals surface area contributed by atoms with Gasteiger partial charge in [0.2, 0.25) is 0 Å². The Labute approximate surface area is 199 Å². The van der Waals surface area contributed by atoms with E-state index < -0.39 is 0 Å². The van der Waals surface area contributed by atoms with Crippen molar-refractivity contribution in [3.8, 4) is 33.6 Å². The summed E-state index contributed by atoms with van der Waals surface area (Å²) in [7, 11) is 3.86. The molecule has 0 radical (unpaired) electrons. The van der Waals surface area contributed by atoms with Gasteiger partial charge in [-0.05, 0) is 49.1 Å². The van der Waals surface area contributed by atoms with Crippen molar-refractivity contribution in [2.45, 2.75) is 37.8 Å². The highest BCUT2D eigenvalue weighted by Crippen LogP contribution is 2.44. The molecule has 3 N–H and O–H groups in total. The molecule has 8 heteroatoms. The fourth-order valence-corrected chi connectivity index (χ4v) is 5.78. The minimum atomic E-state index is 0.324. The summed E-state index contributed by atoms with van der Waals surface area (Å²) in [6.07, 6.45) is 14.4. The number of nitrogens with zero attached hydrogens (tertiary/aromatic N) is 6. The maximum absolute atomic E-state index is 6.33. The Morgan fingerprint density at radius 2 is 1.56 bits per heavy atom. The number of nitrogens with one attached hydrogen (secondary N) is 1. The van der Waals surface area contributed by atoms with Crippen molar-refractivity contribution in [1.82, 2.24) is 29.5 Å². The second-order valence-electron chi connectivity index (χ2n) is 9.84. The van der Waals surface area contributed by atoms with Crippen LogP contribution in [-0.2, 0) is 14.1 Å². The lowest BCUT2D eigenvalue weighted by Crippen LogP contribution is -2.42. The number of benzene rings is 1. The summed E-state index contributed by atoms with van der Waals surface area (Å²) in [5, 5.41) is 12.5. The van der Waals surface area contributed by atoms with Gasteiger partial charge in [0.1, 0.15) is 5.82 Å². The minimum Gasteiger partial charge on any atom is -0.366 e. The maximum atomic E-state index is 6.33. The van der Waals surface area contributed by atoms with Crippen molar-refractivity contribution in [2.75, 3.05) is 5.32 Å². The van der Waals surface area contributed by atoms with Crippen LogP contribution in [0.2, 0.25) is 0 Å². The van der Waals surface area contributed by atoms with E-state index >= 15 is 0 Å². The molecule has 8 nitrogen and oxygen atoms in total. The monoisotopic (exact) mass is 454 g/mol. The van der Waals surface area contributed by atoms with Crippen LogP contribution in [0.25, 0.3) is 33.6 Å². The zero-order valence-corrected chi connectivity index (χ0v) is 19.6. The fraction of sp³-hybridized carbons (Fsp3) is 0.385. The molecule has 2 atom stereocenters. The average molecular weight is 455 g/mol. The number of hydrogen-bond donors (Lipinski definition) is 2. The van der Waals surface area contributed by atoms with Crippen LogP contribution in [0.3, 0.4) is 0 Å². The molecule has 0 amide bonds. The van der Waals surface area contributed by atoms with Crippen molar-refractivity contribution in [3.05, 3.63) is 55.2 Å². The molecule has 6 rings (SSSR count). The van der Waals surface area contributed by atoms with Crippen molar-refractivity contribution < 1.29 is 0 Å². The van der Waals surface area contributed by atoms with Crippen LogP contribution in [0.1, 0.15) is 25.7 Å². The SMILES string of the molecule is Cn1cc(-c2cccc(-c3ncc(-c4cnn(C)c4)c(NC4C5CCC4CC(N)C5)n3)c2)cn1. The van der Waals surface area contributed by atoms with Gasteiger partial charge in [-0.15, -0.1) is 0 Å². The Hall–Kier alpha value is -3.52. The van der Waals surface area contributed by atoms with Gasteiger partial charge in [0.15, 0.2) is 5.82 Å². The highest BCUT2D eigenvalue weighted by molar-refractivity contribution is 5.77. The van der Waals surface area contributed by atoms with Crippen LogP contribution in [0.15, 0.2) is 55.2 Å². The maximum Gasteiger partial charge on any atom is 0.161 e. The first kappa shape index (κ1) is 21.0. The van der Waals surface area contributed by atoms with Crippen LogP contribution in [0.4, 0.5) is 5.82 Å². The van der Waals surface area contributed by atoms with Crippen molar-refractivity contribution >= 4 is 5.82 Å². The van der Waals surface area contributed by atoms with Gasteiger partial charge in [-0.2, -0.15) is 10.2 Å². The van der Waals surface area contributed by atoms with Gasteiger partial charge in [0, 0.05) is 67.0 Å². The van der Waals surface area contributed by atoms with Crippen LogP contribution >= 0.6 is 0 Å². The number of fused-ring (bicyclic) bond motifs is 2. The summed E-state index contributed by atoms with van der Waals surface area (Å²) in [4.78, 5) is 9.83. The fourth-order valence-electron chi connectivity index (χ4n) is 5.78. The van der Waals surface area contributed by atoms with Gasteiger partial charge in [0.25, 0.3) is 0 Å². The summed E-state index contributed by atoms with van der Waals surface area (Å²) in [6, 6.07) is 9.05. The van der Waals surface area contributed by atoms with Gasteiger partial charge in [0.05, 0.1) is 12.4 Å². The molecular formula is C26H30N8. The summed E-state index contributed by atoms with van der Waals surface area (Å²) in [5.74, 6) is 2.79. The van der Waals surface area contributed by atoms with Crippen molar-refractivity contribution in [2.24, 2.45) is 31.7 Å². The molecule has 2 aliphatic carbocycles. The van der Waals surface area contributed by atoms with E-state index in [0.717, 1.165) is 46.5 Å². The number of nitrogens with two attached hydrogens (primary N) is 1. The lowest BCUT2D eigenvalue weighted by molar-refractivity contribution is 0.290.